The molecule has 2 aromatic rings. The zero-order chi connectivity index (χ0) is 9.68. The van der Waals surface area contributed by atoms with Crippen LogP contribution in [0.4, 0.5) is 0 Å². The van der Waals surface area contributed by atoms with Gasteiger partial charge in [0.25, 0.3) is 0 Å². The normalized spacial score (nSPS) is 9.15. The van der Waals surface area contributed by atoms with Crippen LogP contribution in [-0.4, -0.2) is 27.3 Å². The number of imidazole rings is 1. The van der Waals surface area contributed by atoms with Crippen LogP contribution in [0.1, 0.15) is 0 Å². The highest BCUT2D eigenvalue weighted by Gasteiger charge is 1.93. The molecule has 5 heteroatoms. The second-order valence-electron chi connectivity index (χ2n) is 2.49. The molecule has 0 saturated carbocycles. The summed E-state index contributed by atoms with van der Waals surface area (Å²) >= 11 is 0. The Labute approximate surface area is 76.8 Å². The third kappa shape index (κ3) is 2.30. The van der Waals surface area contributed by atoms with E-state index in [1.807, 2.05) is 36.1 Å². The van der Waals surface area contributed by atoms with E-state index in [9.17, 15) is 0 Å². The van der Waals surface area contributed by atoms with Crippen LogP contribution in [0.5, 0.6) is 0 Å². The molecular formula is C8H11BN2O2. The highest BCUT2D eigenvalue weighted by atomic mass is 16.4. The summed E-state index contributed by atoms with van der Waals surface area (Å²) < 4.78 is 2.01. The number of fused-ring (bicyclic) bond motifs is 1. The van der Waals surface area contributed by atoms with Gasteiger partial charge in [-0.2, -0.15) is 0 Å². The largest absolute Gasteiger partial charge is 0.432 e. The minimum absolute atomic E-state index is 0.750. The molecule has 0 atom stereocenters. The van der Waals surface area contributed by atoms with Crippen LogP contribution in [0.15, 0.2) is 30.6 Å². The van der Waals surface area contributed by atoms with E-state index in [0.717, 1.165) is 5.52 Å². The first-order valence-corrected chi connectivity index (χ1v) is 3.87. The van der Waals surface area contributed by atoms with Crippen molar-refractivity contribution >= 4 is 18.7 Å². The average molecular weight is 178 g/mol. The standard InChI is InChI=1S/C8H8N2.BH3O2/c1-10-6-9-7-4-2-3-5-8(7)10;2-1-3/h2-6H,1H3;1-3H. The van der Waals surface area contributed by atoms with Gasteiger partial charge < -0.3 is 14.6 Å². The molecule has 1 heterocycles. The molecule has 1 aromatic carbocycles. The number of hydrogen-bond acceptors (Lipinski definition) is 3. The molecule has 0 aliphatic carbocycles. The quantitative estimate of drug-likeness (QED) is 0.549. The third-order valence-corrected chi connectivity index (χ3v) is 1.63. The molecule has 13 heavy (non-hydrogen) atoms. The molecule has 2 rings (SSSR count). The Balaban J connectivity index is 0.000000251. The van der Waals surface area contributed by atoms with E-state index in [0.29, 0.717) is 0 Å². The number of rotatable bonds is 0. The smallest absolute Gasteiger partial charge is 0.430 e. The predicted octanol–water partition coefficient (Wildman–Crippen LogP) is -0.189. The van der Waals surface area contributed by atoms with E-state index in [2.05, 4.69) is 11.1 Å². The highest BCUT2D eigenvalue weighted by Crippen LogP contribution is 2.08. The van der Waals surface area contributed by atoms with Crippen molar-refractivity contribution in [3.63, 3.8) is 0 Å². The molecule has 0 aliphatic heterocycles. The summed E-state index contributed by atoms with van der Waals surface area (Å²) in [7, 11) is 1.25. The van der Waals surface area contributed by atoms with Crippen LogP contribution in [0, 0.1) is 0 Å². The summed E-state index contributed by atoms with van der Waals surface area (Å²) in [6.45, 7) is 0. The minimum atomic E-state index is -0.750. The Morgan fingerprint density at radius 3 is 2.54 bits per heavy atom. The highest BCUT2D eigenvalue weighted by molar-refractivity contribution is 6.13. The number of aryl methyl sites for hydroxylation is 1. The molecule has 0 spiro atoms. The number of hydrogen-bond donors (Lipinski definition) is 2. The summed E-state index contributed by atoms with van der Waals surface area (Å²) in [5, 5.41) is 14.2. The number of aromatic nitrogens is 2. The van der Waals surface area contributed by atoms with E-state index in [1.54, 1.807) is 0 Å². The molecule has 4 nitrogen and oxygen atoms in total. The van der Waals surface area contributed by atoms with Crippen LogP contribution in [0.2, 0.25) is 0 Å². The van der Waals surface area contributed by atoms with Crippen LogP contribution >= 0.6 is 0 Å². The summed E-state index contributed by atoms with van der Waals surface area (Å²) in [5.41, 5.74) is 2.24. The van der Waals surface area contributed by atoms with Crippen molar-refractivity contribution in [1.29, 1.82) is 0 Å². The lowest BCUT2D eigenvalue weighted by Crippen LogP contribution is -1.81. The summed E-state index contributed by atoms with van der Waals surface area (Å²) in [4.78, 5) is 4.18. The Morgan fingerprint density at radius 1 is 1.31 bits per heavy atom. The lowest BCUT2D eigenvalue weighted by Gasteiger charge is -1.90. The SMILES string of the molecule is Cn1cnc2ccccc21.OBO. The van der Waals surface area contributed by atoms with E-state index < -0.39 is 7.69 Å². The molecular weight excluding hydrogens is 167 g/mol. The molecule has 68 valence electrons. The van der Waals surface area contributed by atoms with Gasteiger partial charge in [-0.25, -0.2) is 4.98 Å². The Kier molecular flexibility index (Phi) is 3.48. The topological polar surface area (TPSA) is 58.3 Å². The molecule has 0 fully saturated rings. The van der Waals surface area contributed by atoms with Gasteiger partial charge in [0, 0.05) is 7.05 Å². The monoisotopic (exact) mass is 178 g/mol. The van der Waals surface area contributed by atoms with Gasteiger partial charge in [-0.3, -0.25) is 0 Å². The fraction of sp³-hybridized carbons (Fsp3) is 0.125. The Hall–Kier alpha value is -1.33. The van der Waals surface area contributed by atoms with E-state index in [1.165, 1.54) is 5.52 Å². The van der Waals surface area contributed by atoms with Gasteiger partial charge in [-0.15, -0.1) is 0 Å². The van der Waals surface area contributed by atoms with Crippen molar-refractivity contribution in [3.8, 4) is 0 Å². The van der Waals surface area contributed by atoms with Crippen molar-refractivity contribution in [2.75, 3.05) is 0 Å². The summed E-state index contributed by atoms with van der Waals surface area (Å²) in [6.07, 6.45) is 1.82. The number of para-hydroxylation sites is 2. The molecule has 0 bridgehead atoms. The Morgan fingerprint density at radius 2 is 1.92 bits per heavy atom. The van der Waals surface area contributed by atoms with Gasteiger partial charge in [0.05, 0.1) is 17.4 Å². The molecule has 2 N–H and O–H groups in total. The first-order valence-electron chi connectivity index (χ1n) is 3.87. The van der Waals surface area contributed by atoms with Crippen LogP contribution in [0.25, 0.3) is 11.0 Å². The van der Waals surface area contributed by atoms with Crippen molar-refractivity contribution in [3.05, 3.63) is 30.6 Å². The lowest BCUT2D eigenvalue weighted by molar-refractivity contribution is 0.448. The van der Waals surface area contributed by atoms with Crippen LogP contribution < -0.4 is 0 Å². The van der Waals surface area contributed by atoms with E-state index >= 15 is 0 Å². The van der Waals surface area contributed by atoms with Gasteiger partial charge in [-0.1, -0.05) is 12.1 Å². The summed E-state index contributed by atoms with van der Waals surface area (Å²) in [6, 6.07) is 8.08. The van der Waals surface area contributed by atoms with Crippen LogP contribution in [0.3, 0.4) is 0 Å². The van der Waals surface area contributed by atoms with Gasteiger partial charge in [0.2, 0.25) is 0 Å². The number of nitrogens with zero attached hydrogens (tertiary/aromatic N) is 2. The number of benzene rings is 1. The first kappa shape index (κ1) is 9.76. The molecule has 0 saturated heterocycles. The van der Waals surface area contributed by atoms with Gasteiger partial charge in [0.15, 0.2) is 0 Å². The minimum Gasteiger partial charge on any atom is -0.430 e. The average Bonchev–Trinajstić information content (AvgIpc) is 2.50. The van der Waals surface area contributed by atoms with Crippen molar-refractivity contribution < 1.29 is 10.0 Å². The Bertz CT molecular complexity index is 375. The fourth-order valence-electron chi connectivity index (χ4n) is 1.08. The third-order valence-electron chi connectivity index (χ3n) is 1.63. The van der Waals surface area contributed by atoms with Gasteiger partial charge >= 0.3 is 7.69 Å². The molecule has 0 unspecified atom stereocenters. The van der Waals surface area contributed by atoms with Gasteiger partial charge in [-0.05, 0) is 12.1 Å². The zero-order valence-corrected chi connectivity index (χ0v) is 7.38. The van der Waals surface area contributed by atoms with Crippen LogP contribution in [-0.2, 0) is 7.05 Å². The zero-order valence-electron chi connectivity index (χ0n) is 7.38. The van der Waals surface area contributed by atoms with Crippen molar-refractivity contribution in [2.45, 2.75) is 0 Å². The van der Waals surface area contributed by atoms with Crippen molar-refractivity contribution in [2.24, 2.45) is 7.05 Å². The molecule has 0 amide bonds. The summed E-state index contributed by atoms with van der Waals surface area (Å²) in [5.74, 6) is 0. The maximum absolute atomic E-state index is 7.12. The second-order valence-corrected chi connectivity index (χ2v) is 2.49. The fourth-order valence-corrected chi connectivity index (χ4v) is 1.08. The predicted molar refractivity (Wildman–Crippen MR) is 52.3 cm³/mol. The van der Waals surface area contributed by atoms with E-state index in [4.69, 9.17) is 10.0 Å². The lowest BCUT2D eigenvalue weighted by atomic mass is 10.3. The maximum atomic E-state index is 7.12. The second kappa shape index (κ2) is 4.64. The molecule has 0 radical (unpaired) electrons. The van der Waals surface area contributed by atoms with Crippen molar-refractivity contribution in [1.82, 2.24) is 9.55 Å². The molecule has 1 aromatic heterocycles. The van der Waals surface area contributed by atoms with E-state index in [-0.39, 0.29) is 0 Å². The molecule has 0 aliphatic rings. The van der Waals surface area contributed by atoms with Gasteiger partial charge in [0.1, 0.15) is 0 Å². The first-order chi connectivity index (χ1) is 6.29. The maximum Gasteiger partial charge on any atom is 0.432 e.